The molecule has 0 N–H and O–H groups in total. The van der Waals surface area contributed by atoms with Gasteiger partial charge in [0.2, 0.25) is 0 Å². The number of hydrogen-bond acceptors (Lipinski definition) is 0. The van der Waals surface area contributed by atoms with Gasteiger partial charge in [-0.05, 0) is 28.8 Å². The van der Waals surface area contributed by atoms with Gasteiger partial charge < -0.3 is 0 Å². The molecule has 0 saturated heterocycles. The molecule has 94 valence electrons. The maximum absolute atomic E-state index is 12.4. The molecule has 0 atom stereocenters. The van der Waals surface area contributed by atoms with E-state index in [-0.39, 0.29) is 0 Å². The minimum atomic E-state index is -4.28. The van der Waals surface area contributed by atoms with Gasteiger partial charge in [0.05, 0.1) is 5.56 Å². The summed E-state index contributed by atoms with van der Waals surface area (Å²) < 4.78 is 37.2. The van der Waals surface area contributed by atoms with Crippen LogP contribution in [0.2, 0.25) is 0 Å². The van der Waals surface area contributed by atoms with Crippen LogP contribution in [0.25, 0.3) is 11.1 Å². The summed E-state index contributed by atoms with van der Waals surface area (Å²) in [7, 11) is 0. The molecule has 0 aliphatic rings. The number of benzene rings is 2. The standard InChI is InChI=1S/C14H10BrF3/c15-9-10-1-3-11(4-2-10)12-5-7-13(8-6-12)14(16,17)18/h1-8H,9H2. The van der Waals surface area contributed by atoms with Gasteiger partial charge in [-0.3, -0.25) is 0 Å². The fourth-order valence-electron chi connectivity index (χ4n) is 1.64. The molecular weight excluding hydrogens is 305 g/mol. The van der Waals surface area contributed by atoms with Crippen molar-refractivity contribution < 1.29 is 13.2 Å². The monoisotopic (exact) mass is 314 g/mol. The lowest BCUT2D eigenvalue weighted by Crippen LogP contribution is -2.03. The lowest BCUT2D eigenvalue weighted by Gasteiger charge is -2.08. The first-order valence-corrected chi connectivity index (χ1v) is 6.45. The highest BCUT2D eigenvalue weighted by atomic mass is 79.9. The zero-order valence-corrected chi connectivity index (χ0v) is 10.9. The third kappa shape index (κ3) is 2.93. The van der Waals surface area contributed by atoms with E-state index >= 15 is 0 Å². The van der Waals surface area contributed by atoms with E-state index in [1.807, 2.05) is 24.3 Å². The topological polar surface area (TPSA) is 0 Å². The maximum atomic E-state index is 12.4. The molecule has 0 bridgehead atoms. The molecule has 18 heavy (non-hydrogen) atoms. The Morgan fingerprint density at radius 2 is 1.22 bits per heavy atom. The summed E-state index contributed by atoms with van der Waals surface area (Å²) in [6.45, 7) is 0. The third-order valence-electron chi connectivity index (χ3n) is 2.65. The molecule has 0 saturated carbocycles. The third-order valence-corrected chi connectivity index (χ3v) is 3.30. The summed E-state index contributed by atoms with van der Waals surface area (Å²) in [6, 6.07) is 12.9. The number of halogens is 4. The summed E-state index contributed by atoms with van der Waals surface area (Å²) in [5.74, 6) is 0. The molecule has 0 heterocycles. The zero-order chi connectivity index (χ0) is 13.2. The van der Waals surface area contributed by atoms with Crippen LogP contribution < -0.4 is 0 Å². The van der Waals surface area contributed by atoms with Crippen LogP contribution in [0.5, 0.6) is 0 Å². The fourth-order valence-corrected chi connectivity index (χ4v) is 2.01. The molecule has 0 fully saturated rings. The predicted molar refractivity (Wildman–Crippen MR) is 69.5 cm³/mol. The Morgan fingerprint density at radius 1 is 0.778 bits per heavy atom. The quantitative estimate of drug-likeness (QED) is 0.663. The van der Waals surface area contributed by atoms with Gasteiger partial charge in [0.1, 0.15) is 0 Å². The second kappa shape index (κ2) is 5.14. The van der Waals surface area contributed by atoms with Crippen molar-refractivity contribution in [1.29, 1.82) is 0 Å². The van der Waals surface area contributed by atoms with Gasteiger partial charge in [-0.25, -0.2) is 0 Å². The van der Waals surface area contributed by atoms with Crippen LogP contribution in [0, 0.1) is 0 Å². The van der Waals surface area contributed by atoms with Gasteiger partial charge >= 0.3 is 6.18 Å². The molecule has 2 aromatic carbocycles. The zero-order valence-electron chi connectivity index (χ0n) is 9.34. The average molecular weight is 315 g/mol. The molecule has 0 nitrogen and oxygen atoms in total. The molecule has 2 aromatic rings. The SMILES string of the molecule is FC(F)(F)c1ccc(-c2ccc(CBr)cc2)cc1. The molecule has 0 aliphatic heterocycles. The van der Waals surface area contributed by atoms with E-state index < -0.39 is 11.7 Å². The first-order chi connectivity index (χ1) is 8.50. The van der Waals surface area contributed by atoms with Crippen molar-refractivity contribution in [3.8, 4) is 11.1 Å². The summed E-state index contributed by atoms with van der Waals surface area (Å²) in [5, 5.41) is 0.764. The predicted octanol–water partition coefficient (Wildman–Crippen LogP) is 5.27. The van der Waals surface area contributed by atoms with Gasteiger partial charge in [0.25, 0.3) is 0 Å². The highest BCUT2D eigenvalue weighted by Gasteiger charge is 2.29. The van der Waals surface area contributed by atoms with Crippen LogP contribution >= 0.6 is 15.9 Å². The van der Waals surface area contributed by atoms with Gasteiger partial charge in [-0.2, -0.15) is 13.2 Å². The first kappa shape index (κ1) is 13.1. The summed E-state index contributed by atoms with van der Waals surface area (Å²) >= 11 is 3.34. The van der Waals surface area contributed by atoms with Crippen LogP contribution in [-0.4, -0.2) is 0 Å². The lowest BCUT2D eigenvalue weighted by atomic mass is 10.0. The molecule has 0 spiro atoms. The van der Waals surface area contributed by atoms with Crippen molar-refractivity contribution in [3.05, 3.63) is 59.7 Å². The molecule has 0 radical (unpaired) electrons. The smallest absolute Gasteiger partial charge is 0.166 e. The molecule has 0 aromatic heterocycles. The van der Waals surface area contributed by atoms with Crippen molar-refractivity contribution in [2.24, 2.45) is 0 Å². The normalized spacial score (nSPS) is 11.6. The van der Waals surface area contributed by atoms with E-state index in [2.05, 4.69) is 15.9 Å². The van der Waals surface area contributed by atoms with E-state index in [9.17, 15) is 13.2 Å². The molecule has 0 unspecified atom stereocenters. The molecule has 0 amide bonds. The van der Waals surface area contributed by atoms with Crippen molar-refractivity contribution in [2.75, 3.05) is 0 Å². The summed E-state index contributed by atoms with van der Waals surface area (Å²) in [6.07, 6.45) is -4.28. The Bertz CT molecular complexity index is 512. The van der Waals surface area contributed by atoms with Crippen LogP contribution in [0.15, 0.2) is 48.5 Å². The Hall–Kier alpha value is -1.29. The minimum Gasteiger partial charge on any atom is -0.166 e. The van der Waals surface area contributed by atoms with Crippen LogP contribution in [0.4, 0.5) is 13.2 Å². The fraction of sp³-hybridized carbons (Fsp3) is 0.143. The Labute approximate surface area is 112 Å². The number of hydrogen-bond donors (Lipinski definition) is 0. The van der Waals surface area contributed by atoms with E-state index in [1.54, 1.807) is 0 Å². The van der Waals surface area contributed by atoms with Crippen molar-refractivity contribution in [1.82, 2.24) is 0 Å². The number of rotatable bonds is 2. The average Bonchev–Trinajstić information content (AvgIpc) is 2.38. The minimum absolute atomic E-state index is 0.622. The molecular formula is C14H10BrF3. The highest BCUT2D eigenvalue weighted by molar-refractivity contribution is 9.08. The first-order valence-electron chi connectivity index (χ1n) is 5.33. The van der Waals surface area contributed by atoms with Crippen LogP contribution in [-0.2, 0) is 11.5 Å². The Kier molecular flexibility index (Phi) is 3.76. The lowest BCUT2D eigenvalue weighted by molar-refractivity contribution is -0.137. The Morgan fingerprint density at radius 3 is 1.61 bits per heavy atom. The van der Waals surface area contributed by atoms with Crippen LogP contribution in [0.1, 0.15) is 11.1 Å². The summed E-state index contributed by atoms with van der Waals surface area (Å²) in [4.78, 5) is 0. The van der Waals surface area contributed by atoms with Crippen molar-refractivity contribution in [2.45, 2.75) is 11.5 Å². The largest absolute Gasteiger partial charge is 0.416 e. The summed E-state index contributed by atoms with van der Waals surface area (Å²) in [5.41, 5.74) is 2.20. The second-order valence-electron chi connectivity index (χ2n) is 3.91. The molecule has 2 rings (SSSR count). The number of alkyl halides is 4. The van der Waals surface area contributed by atoms with E-state index in [4.69, 9.17) is 0 Å². The van der Waals surface area contributed by atoms with E-state index in [0.717, 1.165) is 34.2 Å². The van der Waals surface area contributed by atoms with Gasteiger partial charge in [0.15, 0.2) is 0 Å². The van der Waals surface area contributed by atoms with Crippen molar-refractivity contribution in [3.63, 3.8) is 0 Å². The maximum Gasteiger partial charge on any atom is 0.416 e. The van der Waals surface area contributed by atoms with E-state index in [1.165, 1.54) is 12.1 Å². The van der Waals surface area contributed by atoms with Gasteiger partial charge in [-0.15, -0.1) is 0 Å². The second-order valence-corrected chi connectivity index (χ2v) is 4.47. The Balaban J connectivity index is 2.28. The van der Waals surface area contributed by atoms with Gasteiger partial charge in [0, 0.05) is 5.33 Å². The molecule has 4 heteroatoms. The highest BCUT2D eigenvalue weighted by Crippen LogP contribution is 2.31. The molecule has 0 aliphatic carbocycles. The van der Waals surface area contributed by atoms with Crippen molar-refractivity contribution >= 4 is 15.9 Å². The van der Waals surface area contributed by atoms with Gasteiger partial charge in [-0.1, -0.05) is 52.3 Å². The van der Waals surface area contributed by atoms with Crippen LogP contribution in [0.3, 0.4) is 0 Å². The van der Waals surface area contributed by atoms with E-state index in [0.29, 0.717) is 0 Å².